The zero-order valence-corrected chi connectivity index (χ0v) is 13.7. The van der Waals surface area contributed by atoms with Gasteiger partial charge in [-0.25, -0.2) is 0 Å². The van der Waals surface area contributed by atoms with Gasteiger partial charge in [-0.1, -0.05) is 24.3 Å². The Morgan fingerprint density at radius 2 is 1.91 bits per heavy atom. The lowest BCUT2D eigenvalue weighted by molar-refractivity contribution is -0.165. The van der Waals surface area contributed by atoms with Crippen LogP contribution in [0.15, 0.2) is 24.3 Å². The molecule has 0 amide bonds. The normalized spacial score (nSPS) is 22.9. The number of aryl methyl sites for hydroxylation is 1. The number of piperidine rings is 1. The summed E-state index contributed by atoms with van der Waals surface area (Å²) in [6.07, 6.45) is 5.24. The second-order valence-corrected chi connectivity index (χ2v) is 7.19. The van der Waals surface area contributed by atoms with E-state index in [9.17, 15) is 4.79 Å². The molecule has 2 aliphatic rings. The van der Waals surface area contributed by atoms with Crippen molar-refractivity contribution in [2.24, 2.45) is 5.92 Å². The predicted octanol–water partition coefficient (Wildman–Crippen LogP) is 3.43. The van der Waals surface area contributed by atoms with Gasteiger partial charge in [-0.05, 0) is 70.2 Å². The number of carbonyl (C=O) groups is 1. The van der Waals surface area contributed by atoms with E-state index in [1.807, 2.05) is 6.07 Å². The van der Waals surface area contributed by atoms with Gasteiger partial charge in [0.25, 0.3) is 0 Å². The number of benzene rings is 1. The van der Waals surface area contributed by atoms with E-state index in [-0.39, 0.29) is 17.5 Å². The maximum Gasteiger partial charge on any atom is 0.313 e. The Morgan fingerprint density at radius 3 is 2.68 bits per heavy atom. The molecule has 1 aliphatic heterocycles. The first kappa shape index (κ1) is 15.5. The third-order valence-electron chi connectivity index (χ3n) is 5.34. The molecule has 1 atom stereocenters. The minimum absolute atomic E-state index is 0.0318. The van der Waals surface area contributed by atoms with Crippen LogP contribution in [0, 0.1) is 5.92 Å². The summed E-state index contributed by atoms with van der Waals surface area (Å²) in [7, 11) is 0. The van der Waals surface area contributed by atoms with Gasteiger partial charge >= 0.3 is 5.97 Å². The molecule has 3 rings (SSSR count). The smallest absolute Gasteiger partial charge is 0.313 e. The van der Waals surface area contributed by atoms with E-state index in [1.165, 1.54) is 11.1 Å². The van der Waals surface area contributed by atoms with Crippen LogP contribution in [-0.2, 0) is 16.0 Å². The van der Waals surface area contributed by atoms with E-state index in [4.69, 9.17) is 4.74 Å². The van der Waals surface area contributed by atoms with Crippen LogP contribution in [0.5, 0.6) is 0 Å². The molecule has 1 saturated heterocycles. The Labute approximate surface area is 133 Å². The number of nitrogens with one attached hydrogen (secondary N) is 1. The van der Waals surface area contributed by atoms with Gasteiger partial charge in [0.1, 0.15) is 5.60 Å². The molecule has 1 heterocycles. The molecule has 1 unspecified atom stereocenters. The van der Waals surface area contributed by atoms with Crippen LogP contribution in [-0.4, -0.2) is 24.7 Å². The first-order chi connectivity index (χ1) is 10.6. The molecule has 22 heavy (non-hydrogen) atoms. The summed E-state index contributed by atoms with van der Waals surface area (Å²) < 4.78 is 6.01. The largest absolute Gasteiger partial charge is 0.459 e. The Hall–Kier alpha value is -1.35. The van der Waals surface area contributed by atoms with Crippen LogP contribution in [0.25, 0.3) is 0 Å². The lowest BCUT2D eigenvalue weighted by atomic mass is 9.81. The minimum Gasteiger partial charge on any atom is -0.459 e. The maximum absolute atomic E-state index is 12.8. The topological polar surface area (TPSA) is 38.3 Å². The molecule has 1 N–H and O–H groups in total. The molecule has 0 aromatic heterocycles. The van der Waals surface area contributed by atoms with E-state index in [1.54, 1.807) is 0 Å². The van der Waals surface area contributed by atoms with Gasteiger partial charge in [0.2, 0.25) is 0 Å². The summed E-state index contributed by atoms with van der Waals surface area (Å²) in [5.41, 5.74) is 2.13. The monoisotopic (exact) mass is 301 g/mol. The highest BCUT2D eigenvalue weighted by molar-refractivity contribution is 5.79. The molecule has 3 nitrogen and oxygen atoms in total. The molecular weight excluding hydrogens is 274 g/mol. The van der Waals surface area contributed by atoms with Gasteiger partial charge < -0.3 is 10.1 Å². The zero-order chi connectivity index (χ0) is 15.6. The van der Waals surface area contributed by atoms with Crippen molar-refractivity contribution in [3.63, 3.8) is 0 Å². The summed E-state index contributed by atoms with van der Waals surface area (Å²) in [6.45, 7) is 6.21. The number of esters is 1. The van der Waals surface area contributed by atoms with Gasteiger partial charge in [0.05, 0.1) is 5.92 Å². The fraction of sp³-hybridized carbons (Fsp3) is 0.632. The highest BCUT2D eigenvalue weighted by atomic mass is 16.6. The predicted molar refractivity (Wildman–Crippen MR) is 87.9 cm³/mol. The summed E-state index contributed by atoms with van der Waals surface area (Å²) in [5, 5.41) is 3.38. The highest BCUT2D eigenvalue weighted by Crippen LogP contribution is 2.36. The second-order valence-electron chi connectivity index (χ2n) is 7.19. The molecule has 1 aromatic rings. The van der Waals surface area contributed by atoms with Crippen molar-refractivity contribution in [2.75, 3.05) is 13.1 Å². The van der Waals surface area contributed by atoms with Crippen LogP contribution in [0.4, 0.5) is 0 Å². The SMILES string of the molecule is CC(C)(OC(=O)C1CCCc2ccccc21)C1CCNCC1. The van der Waals surface area contributed by atoms with Gasteiger partial charge in [0, 0.05) is 5.92 Å². The summed E-state index contributed by atoms with van der Waals surface area (Å²) in [6, 6.07) is 8.33. The Balaban J connectivity index is 1.72. The molecule has 120 valence electrons. The fourth-order valence-corrected chi connectivity index (χ4v) is 3.93. The van der Waals surface area contributed by atoms with Crippen molar-refractivity contribution in [1.29, 1.82) is 0 Å². The summed E-state index contributed by atoms with van der Waals surface area (Å²) >= 11 is 0. The molecule has 1 fully saturated rings. The van der Waals surface area contributed by atoms with Crippen molar-refractivity contribution >= 4 is 5.97 Å². The van der Waals surface area contributed by atoms with E-state index < -0.39 is 0 Å². The number of fused-ring (bicyclic) bond motifs is 1. The third-order valence-corrected chi connectivity index (χ3v) is 5.34. The van der Waals surface area contributed by atoms with E-state index >= 15 is 0 Å². The van der Waals surface area contributed by atoms with Crippen LogP contribution in [0.2, 0.25) is 0 Å². The average Bonchev–Trinajstić information content (AvgIpc) is 2.54. The third kappa shape index (κ3) is 3.19. The van der Waals surface area contributed by atoms with E-state index in [0.717, 1.165) is 45.2 Å². The minimum atomic E-state index is -0.369. The van der Waals surface area contributed by atoms with Gasteiger partial charge in [-0.2, -0.15) is 0 Å². The molecule has 0 spiro atoms. The highest BCUT2D eigenvalue weighted by Gasteiger charge is 2.37. The zero-order valence-electron chi connectivity index (χ0n) is 13.7. The lowest BCUT2D eigenvalue weighted by Crippen LogP contribution is -2.43. The number of ether oxygens (including phenoxy) is 1. The van der Waals surface area contributed by atoms with Gasteiger partial charge in [-0.15, -0.1) is 0 Å². The lowest BCUT2D eigenvalue weighted by Gasteiger charge is -2.38. The van der Waals surface area contributed by atoms with E-state index in [0.29, 0.717) is 5.92 Å². The van der Waals surface area contributed by atoms with Crippen LogP contribution in [0.1, 0.15) is 56.6 Å². The number of hydrogen-bond acceptors (Lipinski definition) is 3. The Kier molecular flexibility index (Phi) is 4.53. The van der Waals surface area contributed by atoms with Crippen molar-refractivity contribution in [2.45, 2.75) is 57.5 Å². The fourth-order valence-electron chi connectivity index (χ4n) is 3.93. The van der Waals surface area contributed by atoms with Gasteiger partial charge in [0.15, 0.2) is 0 Å². The molecule has 1 aliphatic carbocycles. The van der Waals surface area contributed by atoms with Crippen LogP contribution in [0.3, 0.4) is 0 Å². The Morgan fingerprint density at radius 1 is 1.18 bits per heavy atom. The number of hydrogen-bond donors (Lipinski definition) is 1. The first-order valence-corrected chi connectivity index (χ1v) is 8.59. The first-order valence-electron chi connectivity index (χ1n) is 8.59. The average molecular weight is 301 g/mol. The molecule has 3 heteroatoms. The quantitative estimate of drug-likeness (QED) is 0.869. The van der Waals surface area contributed by atoms with E-state index in [2.05, 4.69) is 37.4 Å². The second kappa shape index (κ2) is 6.41. The molecule has 1 aromatic carbocycles. The van der Waals surface area contributed by atoms with Crippen LogP contribution < -0.4 is 5.32 Å². The summed E-state index contributed by atoms with van der Waals surface area (Å²) in [4.78, 5) is 12.8. The van der Waals surface area contributed by atoms with Crippen molar-refractivity contribution < 1.29 is 9.53 Å². The number of rotatable bonds is 3. The Bertz CT molecular complexity index is 532. The maximum atomic E-state index is 12.8. The molecular formula is C19H27NO2. The van der Waals surface area contributed by atoms with Crippen molar-refractivity contribution in [3.05, 3.63) is 35.4 Å². The standard InChI is InChI=1S/C19H27NO2/c1-19(2,15-10-12-20-13-11-15)22-18(21)17-9-5-7-14-6-3-4-8-16(14)17/h3-4,6,8,15,17,20H,5,7,9-13H2,1-2H3. The molecule has 0 radical (unpaired) electrons. The van der Waals surface area contributed by atoms with Crippen molar-refractivity contribution in [1.82, 2.24) is 5.32 Å². The summed E-state index contributed by atoms with van der Waals surface area (Å²) in [5.74, 6) is 0.346. The molecule has 0 saturated carbocycles. The molecule has 0 bridgehead atoms. The number of carbonyl (C=O) groups excluding carboxylic acids is 1. The van der Waals surface area contributed by atoms with Crippen LogP contribution >= 0.6 is 0 Å². The van der Waals surface area contributed by atoms with Gasteiger partial charge in [-0.3, -0.25) is 4.79 Å². The van der Waals surface area contributed by atoms with Crippen molar-refractivity contribution in [3.8, 4) is 0 Å².